The predicted molar refractivity (Wildman–Crippen MR) is 66.0 cm³/mol. The van der Waals surface area contributed by atoms with Crippen LogP contribution in [0.5, 0.6) is 0 Å². The fourth-order valence-electron chi connectivity index (χ4n) is 5.34. The molecule has 2 aliphatic carbocycles. The molecule has 1 aliphatic heterocycles. The topological polar surface area (TPSA) is 43.4 Å². The molecular weight excluding hydrogens is 236 g/mol. The largest absolute Gasteiger partial charge is 0.271 e. The Balaban J connectivity index is 2.38. The summed E-state index contributed by atoms with van der Waals surface area (Å²) in [6, 6.07) is 0. The van der Waals surface area contributed by atoms with Crippen molar-refractivity contribution in [3.8, 4) is 0 Å². The Kier molecular flexibility index (Phi) is 1.73. The van der Waals surface area contributed by atoms with Crippen LogP contribution in [0.1, 0.15) is 48.0 Å². The second kappa shape index (κ2) is 2.46. The average molecular weight is 258 g/mol. The van der Waals surface area contributed by atoms with Gasteiger partial charge in [0.05, 0.1) is 10.9 Å². The van der Waals surface area contributed by atoms with Crippen LogP contribution in [0.15, 0.2) is 0 Å². The number of hydrogen-bond donors (Lipinski definition) is 0. The number of hydrogen-bond acceptors (Lipinski definition) is 3. The minimum absolute atomic E-state index is 0.0464. The van der Waals surface area contributed by atoms with Gasteiger partial charge in [-0.15, -0.1) is 0 Å². The Morgan fingerprint density at radius 1 is 1.12 bits per heavy atom. The van der Waals surface area contributed by atoms with Crippen molar-refractivity contribution in [3.63, 3.8) is 0 Å². The molecule has 4 heteroatoms. The maximum Gasteiger partial charge on any atom is 0.271 e. The van der Waals surface area contributed by atoms with E-state index < -0.39 is 15.7 Å². The molecule has 3 fully saturated rings. The lowest BCUT2D eigenvalue weighted by Crippen LogP contribution is -2.54. The van der Waals surface area contributed by atoms with Gasteiger partial charge in [-0.3, -0.25) is 4.18 Å². The zero-order valence-corrected chi connectivity index (χ0v) is 12.3. The van der Waals surface area contributed by atoms with Gasteiger partial charge in [-0.2, -0.15) is 8.42 Å². The first kappa shape index (κ1) is 12.0. The Bertz CT molecular complexity index is 504. The smallest absolute Gasteiger partial charge is 0.262 e. The summed E-state index contributed by atoms with van der Waals surface area (Å²) in [7, 11) is -3.39. The van der Waals surface area contributed by atoms with Crippen molar-refractivity contribution in [2.45, 2.75) is 58.8 Å². The molecule has 0 aromatic rings. The van der Waals surface area contributed by atoms with Crippen LogP contribution < -0.4 is 0 Å². The average Bonchev–Trinajstić information content (AvgIpc) is 2.49. The molecule has 0 amide bonds. The van der Waals surface area contributed by atoms with Gasteiger partial charge in [0.15, 0.2) is 0 Å². The molecule has 0 aromatic heterocycles. The van der Waals surface area contributed by atoms with Crippen LogP contribution in [-0.4, -0.2) is 19.3 Å². The summed E-state index contributed by atoms with van der Waals surface area (Å²) in [5.41, 5.74) is -0.876. The Morgan fingerprint density at radius 2 is 1.65 bits per heavy atom. The van der Waals surface area contributed by atoms with Gasteiger partial charge < -0.3 is 0 Å². The van der Waals surface area contributed by atoms with Gasteiger partial charge in [-0.05, 0) is 24.7 Å². The SMILES string of the molecule is CC1C2(C)C3C[C@@]1(C)C(C)(C)C2(C)OS3(=O)=O. The summed E-state index contributed by atoms with van der Waals surface area (Å²) < 4.78 is 30.1. The van der Waals surface area contributed by atoms with Gasteiger partial charge in [-0.25, -0.2) is 0 Å². The van der Waals surface area contributed by atoms with E-state index in [4.69, 9.17) is 4.18 Å². The van der Waals surface area contributed by atoms with E-state index in [0.717, 1.165) is 6.42 Å². The Morgan fingerprint density at radius 3 is 2.06 bits per heavy atom. The van der Waals surface area contributed by atoms with Gasteiger partial charge in [0.2, 0.25) is 0 Å². The Labute approximate surface area is 104 Å². The summed E-state index contributed by atoms with van der Waals surface area (Å²) in [5.74, 6) is 0.372. The van der Waals surface area contributed by atoms with Crippen molar-refractivity contribution >= 4 is 10.1 Å². The molecule has 0 aromatic carbocycles. The fourth-order valence-corrected chi connectivity index (χ4v) is 7.88. The molecule has 2 saturated carbocycles. The molecule has 3 rings (SSSR count). The highest BCUT2D eigenvalue weighted by Crippen LogP contribution is 2.81. The third-order valence-corrected chi connectivity index (χ3v) is 9.33. The molecule has 1 heterocycles. The molecule has 3 nitrogen and oxygen atoms in total. The highest BCUT2D eigenvalue weighted by molar-refractivity contribution is 7.87. The van der Waals surface area contributed by atoms with Crippen LogP contribution >= 0.6 is 0 Å². The van der Waals surface area contributed by atoms with Gasteiger partial charge in [0.1, 0.15) is 0 Å². The highest BCUT2D eigenvalue weighted by Gasteiger charge is 2.86. The lowest BCUT2D eigenvalue weighted by atomic mass is 9.57. The van der Waals surface area contributed by atoms with Crippen LogP contribution in [0.4, 0.5) is 0 Å². The molecule has 98 valence electrons. The summed E-state index contributed by atoms with van der Waals surface area (Å²) in [6.45, 7) is 12.9. The van der Waals surface area contributed by atoms with Crippen molar-refractivity contribution in [2.24, 2.45) is 22.2 Å². The van der Waals surface area contributed by atoms with E-state index in [1.807, 2.05) is 6.92 Å². The van der Waals surface area contributed by atoms with Crippen molar-refractivity contribution in [1.82, 2.24) is 0 Å². The molecule has 4 unspecified atom stereocenters. The Hall–Kier alpha value is -0.0900. The summed E-state index contributed by atoms with van der Waals surface area (Å²) in [5, 5.41) is -0.312. The van der Waals surface area contributed by atoms with Crippen LogP contribution in [0.2, 0.25) is 0 Å². The minimum atomic E-state index is -3.39. The van der Waals surface area contributed by atoms with Gasteiger partial charge >= 0.3 is 0 Å². The monoisotopic (exact) mass is 258 g/mol. The highest BCUT2D eigenvalue weighted by atomic mass is 32.2. The lowest BCUT2D eigenvalue weighted by molar-refractivity contribution is -0.0920. The minimum Gasteiger partial charge on any atom is -0.262 e. The second-order valence-corrected chi connectivity index (χ2v) is 9.07. The van der Waals surface area contributed by atoms with Gasteiger partial charge in [-0.1, -0.05) is 34.6 Å². The molecule has 2 bridgehead atoms. The fraction of sp³-hybridized carbons (Fsp3) is 1.00. The summed E-state index contributed by atoms with van der Waals surface area (Å²) >= 11 is 0. The quantitative estimate of drug-likeness (QED) is 0.627. The van der Waals surface area contributed by atoms with E-state index in [1.54, 1.807) is 0 Å². The zero-order valence-electron chi connectivity index (χ0n) is 11.5. The molecule has 0 spiro atoms. The molecule has 5 atom stereocenters. The standard InChI is InChI=1S/C13H22O3S/c1-8-11(4)7-9-12(8,5)13(6,10(11,2)3)16-17(9,14)15/h8-9H,7H2,1-6H3/t8?,9?,11-,12?,13?/m1/s1. The van der Waals surface area contributed by atoms with E-state index in [1.165, 1.54) is 0 Å². The normalized spacial score (nSPS) is 62.0. The third-order valence-electron chi connectivity index (χ3n) is 7.41. The third kappa shape index (κ3) is 0.803. The van der Waals surface area contributed by atoms with Crippen molar-refractivity contribution in [2.75, 3.05) is 0 Å². The molecule has 0 radical (unpaired) electrons. The number of rotatable bonds is 0. The van der Waals surface area contributed by atoms with Crippen molar-refractivity contribution < 1.29 is 12.6 Å². The van der Waals surface area contributed by atoms with Gasteiger partial charge in [0, 0.05) is 10.8 Å². The van der Waals surface area contributed by atoms with E-state index in [-0.39, 0.29) is 21.5 Å². The van der Waals surface area contributed by atoms with Crippen molar-refractivity contribution in [1.29, 1.82) is 0 Å². The van der Waals surface area contributed by atoms with E-state index in [9.17, 15) is 8.42 Å². The first-order valence-corrected chi connectivity index (χ1v) is 7.87. The first-order valence-electron chi connectivity index (χ1n) is 6.40. The number of fused-ring (bicyclic) bond motifs is 1. The lowest BCUT2D eigenvalue weighted by Gasteiger charge is -2.49. The molecule has 1 saturated heterocycles. The van der Waals surface area contributed by atoms with E-state index >= 15 is 0 Å². The van der Waals surface area contributed by atoms with Crippen LogP contribution in [0, 0.1) is 22.2 Å². The van der Waals surface area contributed by atoms with Crippen molar-refractivity contribution in [3.05, 3.63) is 0 Å². The molecule has 3 aliphatic rings. The van der Waals surface area contributed by atoms with Crippen LogP contribution in [0.25, 0.3) is 0 Å². The summed E-state index contributed by atoms with van der Waals surface area (Å²) in [4.78, 5) is 0. The van der Waals surface area contributed by atoms with E-state index in [2.05, 4.69) is 34.6 Å². The first-order chi connectivity index (χ1) is 7.45. The van der Waals surface area contributed by atoms with Gasteiger partial charge in [0.25, 0.3) is 10.1 Å². The van der Waals surface area contributed by atoms with Crippen LogP contribution in [0.3, 0.4) is 0 Å². The maximum absolute atomic E-state index is 12.2. The molecular formula is C13H22O3S. The van der Waals surface area contributed by atoms with E-state index in [0.29, 0.717) is 5.92 Å². The maximum atomic E-state index is 12.2. The predicted octanol–water partition coefficient (Wildman–Crippen LogP) is 2.57. The molecule has 17 heavy (non-hydrogen) atoms. The molecule has 0 N–H and O–H groups in total. The zero-order chi connectivity index (χ0) is 13.1. The summed E-state index contributed by atoms with van der Waals surface area (Å²) in [6.07, 6.45) is 0.746. The second-order valence-electron chi connectivity index (χ2n) is 7.35. The van der Waals surface area contributed by atoms with Crippen LogP contribution in [-0.2, 0) is 14.3 Å².